The van der Waals surface area contributed by atoms with Gasteiger partial charge in [0, 0.05) is 5.70 Å². The topological polar surface area (TPSA) is 72.9 Å². The van der Waals surface area contributed by atoms with E-state index < -0.39 is 11.9 Å². The van der Waals surface area contributed by atoms with Gasteiger partial charge in [0.1, 0.15) is 0 Å². The Kier molecular flexibility index (Phi) is 5.93. The molecule has 0 N–H and O–H groups in total. The Morgan fingerprint density at radius 2 is 1.55 bits per heavy atom. The molecule has 0 bridgehead atoms. The largest absolute Gasteiger partial charge is 0.465 e. The molecule has 0 spiro atoms. The second kappa shape index (κ2) is 8.56. The molecule has 1 aliphatic heterocycles. The Bertz CT molecular complexity index is 1000. The Labute approximate surface area is 169 Å². The molecule has 0 radical (unpaired) electrons. The van der Waals surface area contributed by atoms with Crippen LogP contribution in [0.5, 0.6) is 0 Å². The molecule has 29 heavy (non-hydrogen) atoms. The Balaban J connectivity index is 1.98. The van der Waals surface area contributed by atoms with Crippen LogP contribution in [0.2, 0.25) is 0 Å². The van der Waals surface area contributed by atoms with Crippen LogP contribution >= 0.6 is 0 Å². The summed E-state index contributed by atoms with van der Waals surface area (Å²) >= 11 is 0. The van der Waals surface area contributed by atoms with Crippen LogP contribution in [0.3, 0.4) is 0 Å². The van der Waals surface area contributed by atoms with E-state index in [1.807, 2.05) is 30.3 Å². The number of ether oxygens (including phenoxy) is 2. The lowest BCUT2D eigenvalue weighted by molar-refractivity contribution is -0.136. The lowest BCUT2D eigenvalue weighted by Gasteiger charge is -2.17. The molecule has 6 nitrogen and oxygen atoms in total. The van der Waals surface area contributed by atoms with Crippen molar-refractivity contribution in [1.29, 1.82) is 0 Å². The first-order chi connectivity index (χ1) is 14.0. The molecule has 6 heteroatoms. The van der Waals surface area contributed by atoms with Gasteiger partial charge in [-0.1, -0.05) is 42.5 Å². The summed E-state index contributed by atoms with van der Waals surface area (Å²) in [6.45, 7) is 2.08. The predicted molar refractivity (Wildman–Crippen MR) is 107 cm³/mol. The minimum absolute atomic E-state index is 0.241. The van der Waals surface area contributed by atoms with Gasteiger partial charge in [0.25, 0.3) is 5.91 Å². The third kappa shape index (κ3) is 4.11. The van der Waals surface area contributed by atoms with Gasteiger partial charge in [0.05, 0.1) is 37.5 Å². The normalized spacial score (nSPS) is 15.1. The van der Waals surface area contributed by atoms with Gasteiger partial charge in [-0.25, -0.2) is 9.59 Å². The summed E-state index contributed by atoms with van der Waals surface area (Å²) in [6.07, 6.45) is 1.63. The number of nitrogens with zero attached hydrogens (tertiary/aromatic N) is 1. The van der Waals surface area contributed by atoms with E-state index in [0.717, 1.165) is 5.56 Å². The fourth-order valence-corrected chi connectivity index (χ4v) is 3.18. The summed E-state index contributed by atoms with van der Waals surface area (Å²) in [5, 5.41) is 0. The first-order valence-corrected chi connectivity index (χ1v) is 9.01. The highest BCUT2D eigenvalue weighted by Crippen LogP contribution is 2.32. The molecule has 0 saturated heterocycles. The number of amides is 1. The molecule has 1 aliphatic rings. The monoisotopic (exact) mass is 391 g/mol. The highest BCUT2D eigenvalue weighted by Gasteiger charge is 2.36. The molecular weight excluding hydrogens is 370 g/mol. The van der Waals surface area contributed by atoms with Crippen LogP contribution in [-0.4, -0.2) is 37.0 Å². The molecular formula is C23H21NO5. The fraction of sp³-hybridized carbons (Fsp3) is 0.174. The first kappa shape index (κ1) is 20.1. The average Bonchev–Trinajstić information content (AvgIpc) is 2.98. The summed E-state index contributed by atoms with van der Waals surface area (Å²) in [6, 6.07) is 16.1. The summed E-state index contributed by atoms with van der Waals surface area (Å²) in [5.41, 5.74) is 3.08. The SMILES string of the molecule is COC(=O)C1=C(C)N(Cc2ccccc2)C(=O)C1=Cc1ccc(C(=O)OC)cc1. The summed E-state index contributed by atoms with van der Waals surface area (Å²) in [7, 11) is 2.60. The molecule has 0 fully saturated rings. The maximum Gasteiger partial charge on any atom is 0.340 e. The van der Waals surface area contributed by atoms with Crippen molar-refractivity contribution in [3.63, 3.8) is 0 Å². The first-order valence-electron chi connectivity index (χ1n) is 9.01. The minimum Gasteiger partial charge on any atom is -0.465 e. The molecule has 1 amide bonds. The van der Waals surface area contributed by atoms with E-state index in [2.05, 4.69) is 0 Å². The second-order valence-electron chi connectivity index (χ2n) is 6.50. The van der Waals surface area contributed by atoms with Gasteiger partial charge in [-0.2, -0.15) is 0 Å². The van der Waals surface area contributed by atoms with Gasteiger partial charge in [-0.3, -0.25) is 4.79 Å². The molecule has 0 aromatic heterocycles. The van der Waals surface area contributed by atoms with Crippen molar-refractivity contribution in [1.82, 2.24) is 4.90 Å². The summed E-state index contributed by atoms with van der Waals surface area (Å²) in [5.74, 6) is -1.28. The molecule has 2 aromatic rings. The maximum atomic E-state index is 13.1. The van der Waals surface area contributed by atoms with E-state index in [1.165, 1.54) is 14.2 Å². The zero-order valence-electron chi connectivity index (χ0n) is 16.5. The van der Waals surface area contributed by atoms with Gasteiger partial charge in [0.2, 0.25) is 0 Å². The van der Waals surface area contributed by atoms with Crippen molar-refractivity contribution in [3.05, 3.63) is 88.1 Å². The van der Waals surface area contributed by atoms with Gasteiger partial charge < -0.3 is 14.4 Å². The zero-order valence-corrected chi connectivity index (χ0v) is 16.5. The van der Waals surface area contributed by atoms with Crippen molar-refractivity contribution in [2.45, 2.75) is 13.5 Å². The van der Waals surface area contributed by atoms with Crippen LogP contribution in [0.1, 0.15) is 28.4 Å². The van der Waals surface area contributed by atoms with Crippen LogP contribution in [0.15, 0.2) is 71.4 Å². The number of esters is 2. The van der Waals surface area contributed by atoms with E-state index in [-0.39, 0.29) is 17.1 Å². The molecule has 148 valence electrons. The Morgan fingerprint density at radius 1 is 0.931 bits per heavy atom. The quantitative estimate of drug-likeness (QED) is 0.577. The number of carbonyl (C=O) groups is 3. The highest BCUT2D eigenvalue weighted by molar-refractivity contribution is 6.16. The Hall–Kier alpha value is -3.67. The number of methoxy groups -OCH3 is 2. The predicted octanol–water partition coefficient (Wildman–Crippen LogP) is 3.35. The third-order valence-corrected chi connectivity index (χ3v) is 4.73. The van der Waals surface area contributed by atoms with E-state index in [4.69, 9.17) is 9.47 Å². The second-order valence-corrected chi connectivity index (χ2v) is 6.50. The van der Waals surface area contributed by atoms with Gasteiger partial charge >= 0.3 is 11.9 Å². The van der Waals surface area contributed by atoms with Crippen molar-refractivity contribution < 1.29 is 23.9 Å². The highest BCUT2D eigenvalue weighted by atomic mass is 16.5. The van der Waals surface area contributed by atoms with Crippen molar-refractivity contribution in [2.24, 2.45) is 0 Å². The molecule has 1 heterocycles. The number of carbonyl (C=O) groups excluding carboxylic acids is 3. The van der Waals surface area contributed by atoms with Crippen LogP contribution in [0, 0.1) is 0 Å². The number of allylic oxidation sites excluding steroid dienone is 1. The number of rotatable bonds is 5. The van der Waals surface area contributed by atoms with Crippen LogP contribution in [0.4, 0.5) is 0 Å². The van der Waals surface area contributed by atoms with E-state index >= 15 is 0 Å². The lowest BCUT2D eigenvalue weighted by Crippen LogP contribution is -2.24. The molecule has 0 saturated carbocycles. The molecule has 0 atom stereocenters. The lowest BCUT2D eigenvalue weighted by atomic mass is 10.0. The Morgan fingerprint density at radius 3 is 2.14 bits per heavy atom. The van der Waals surface area contributed by atoms with Gasteiger partial charge in [-0.15, -0.1) is 0 Å². The number of hydrogen-bond donors (Lipinski definition) is 0. The van der Waals surface area contributed by atoms with Gasteiger partial charge in [0.15, 0.2) is 0 Å². The molecule has 3 rings (SSSR count). The molecule has 2 aromatic carbocycles. The molecule has 0 aliphatic carbocycles. The average molecular weight is 391 g/mol. The summed E-state index contributed by atoms with van der Waals surface area (Å²) in [4.78, 5) is 38.7. The van der Waals surface area contributed by atoms with E-state index in [1.54, 1.807) is 42.2 Å². The van der Waals surface area contributed by atoms with Crippen LogP contribution in [0.25, 0.3) is 6.08 Å². The van der Waals surface area contributed by atoms with Crippen molar-refractivity contribution in [3.8, 4) is 0 Å². The van der Waals surface area contributed by atoms with E-state index in [0.29, 0.717) is 23.4 Å². The third-order valence-electron chi connectivity index (χ3n) is 4.73. The van der Waals surface area contributed by atoms with E-state index in [9.17, 15) is 14.4 Å². The maximum absolute atomic E-state index is 13.1. The minimum atomic E-state index is -0.566. The summed E-state index contributed by atoms with van der Waals surface area (Å²) < 4.78 is 9.60. The zero-order chi connectivity index (χ0) is 21.0. The number of hydrogen-bond acceptors (Lipinski definition) is 5. The molecule has 0 unspecified atom stereocenters. The smallest absolute Gasteiger partial charge is 0.340 e. The van der Waals surface area contributed by atoms with Crippen molar-refractivity contribution >= 4 is 23.9 Å². The van der Waals surface area contributed by atoms with Gasteiger partial charge in [-0.05, 0) is 36.3 Å². The number of benzene rings is 2. The van der Waals surface area contributed by atoms with Crippen LogP contribution in [-0.2, 0) is 25.6 Å². The van der Waals surface area contributed by atoms with Crippen molar-refractivity contribution in [2.75, 3.05) is 14.2 Å². The fourth-order valence-electron chi connectivity index (χ4n) is 3.18. The standard InChI is InChI=1S/C23H21NO5/c1-15-20(23(27)29-3)19(13-16-9-11-18(12-10-16)22(26)28-2)21(25)24(15)14-17-7-5-4-6-8-17/h4-13H,14H2,1-3H3. The van der Waals surface area contributed by atoms with Crippen LogP contribution < -0.4 is 0 Å².